The summed E-state index contributed by atoms with van der Waals surface area (Å²) in [5.41, 5.74) is -0.225. The lowest BCUT2D eigenvalue weighted by Gasteiger charge is -2.17. The van der Waals surface area contributed by atoms with Gasteiger partial charge in [0.05, 0.1) is 6.61 Å². The van der Waals surface area contributed by atoms with Crippen LogP contribution in [0.1, 0.15) is 41.6 Å². The molecule has 1 aromatic heterocycles. The van der Waals surface area contributed by atoms with Crippen molar-refractivity contribution in [2.75, 3.05) is 27.2 Å². The number of aromatic nitrogens is 2. The van der Waals surface area contributed by atoms with E-state index in [9.17, 15) is 14.7 Å². The van der Waals surface area contributed by atoms with Crippen molar-refractivity contribution in [1.82, 2.24) is 20.2 Å². The number of nitrogens with zero attached hydrogens (tertiary/aromatic N) is 2. The molecule has 0 radical (unpaired) electrons. The number of amides is 1. The van der Waals surface area contributed by atoms with E-state index in [1.807, 2.05) is 57.1 Å². The topological polar surface area (TPSA) is 108 Å². The molecular weight excluding hydrogens is 348 g/mol. The van der Waals surface area contributed by atoms with Crippen molar-refractivity contribution in [2.24, 2.45) is 0 Å². The van der Waals surface area contributed by atoms with E-state index in [4.69, 9.17) is 4.74 Å². The first-order valence-corrected chi connectivity index (χ1v) is 8.80. The molecule has 0 aliphatic heterocycles. The first-order chi connectivity index (χ1) is 12.8. The van der Waals surface area contributed by atoms with Gasteiger partial charge in [0.15, 0.2) is 5.69 Å². The third-order valence-corrected chi connectivity index (χ3v) is 3.95. The van der Waals surface area contributed by atoms with Gasteiger partial charge < -0.3 is 25.0 Å². The molecule has 1 heterocycles. The average Bonchev–Trinajstić information content (AvgIpc) is 2.62. The van der Waals surface area contributed by atoms with E-state index < -0.39 is 17.2 Å². The number of ether oxygens (including phenoxy) is 1. The molecule has 0 bridgehead atoms. The number of likely N-dealkylation sites (N-methyl/N-ethyl adjacent to an activating group) is 1. The van der Waals surface area contributed by atoms with Crippen LogP contribution < -0.4 is 15.6 Å². The zero-order valence-corrected chi connectivity index (χ0v) is 16.1. The zero-order valence-electron chi connectivity index (χ0n) is 16.1. The third-order valence-electron chi connectivity index (χ3n) is 3.95. The molecule has 8 heteroatoms. The standard InChI is InChI=1S/C19H26N4O4/c1-5-27-14-9-7-6-8-13(14)10-20-18(25)15-16(24)19(26)22-17(21-15)12(2)11-23(3)4/h6-9,12,24H,5,10-11H2,1-4H3,(H,20,25)(H,21,22,26). The van der Waals surface area contributed by atoms with Crippen LogP contribution in [0.5, 0.6) is 11.5 Å². The minimum Gasteiger partial charge on any atom is -0.501 e. The van der Waals surface area contributed by atoms with E-state index in [0.29, 0.717) is 24.7 Å². The van der Waals surface area contributed by atoms with Gasteiger partial charge in [-0.15, -0.1) is 0 Å². The Morgan fingerprint density at radius 1 is 1.37 bits per heavy atom. The van der Waals surface area contributed by atoms with Crippen LogP contribution in [0.15, 0.2) is 29.1 Å². The largest absolute Gasteiger partial charge is 0.501 e. The van der Waals surface area contributed by atoms with Gasteiger partial charge in [0, 0.05) is 24.6 Å². The molecule has 0 aliphatic carbocycles. The van der Waals surface area contributed by atoms with Gasteiger partial charge in [0.1, 0.15) is 11.6 Å². The Morgan fingerprint density at radius 3 is 2.74 bits per heavy atom. The van der Waals surface area contributed by atoms with Crippen molar-refractivity contribution >= 4 is 5.91 Å². The quantitative estimate of drug-likeness (QED) is 0.646. The Hall–Kier alpha value is -2.87. The second kappa shape index (κ2) is 9.18. The summed E-state index contributed by atoms with van der Waals surface area (Å²) in [4.78, 5) is 33.2. The number of benzene rings is 1. The second-order valence-electron chi connectivity index (χ2n) is 6.54. The van der Waals surface area contributed by atoms with Gasteiger partial charge in [-0.05, 0) is 27.1 Å². The molecule has 27 heavy (non-hydrogen) atoms. The Labute approximate surface area is 158 Å². The maximum atomic E-state index is 12.5. The van der Waals surface area contributed by atoms with Crippen LogP contribution in [-0.4, -0.2) is 53.1 Å². The van der Waals surface area contributed by atoms with Crippen LogP contribution in [0, 0.1) is 0 Å². The second-order valence-corrected chi connectivity index (χ2v) is 6.54. The van der Waals surface area contributed by atoms with E-state index in [1.165, 1.54) is 0 Å². The Balaban J connectivity index is 2.21. The van der Waals surface area contributed by atoms with E-state index in [1.54, 1.807) is 0 Å². The summed E-state index contributed by atoms with van der Waals surface area (Å²) in [6, 6.07) is 7.34. The predicted molar refractivity (Wildman–Crippen MR) is 102 cm³/mol. The minimum atomic E-state index is -0.731. The molecule has 2 aromatic rings. The number of aromatic hydroxyl groups is 1. The Kier molecular flexibility index (Phi) is 6.95. The normalized spacial score (nSPS) is 12.0. The Bertz CT molecular complexity index is 848. The number of rotatable bonds is 8. The highest BCUT2D eigenvalue weighted by Crippen LogP contribution is 2.18. The highest BCUT2D eigenvalue weighted by molar-refractivity contribution is 5.94. The number of hydrogen-bond acceptors (Lipinski definition) is 6. The molecule has 0 aliphatic rings. The Morgan fingerprint density at radius 2 is 2.07 bits per heavy atom. The third kappa shape index (κ3) is 5.30. The van der Waals surface area contributed by atoms with Gasteiger partial charge in [-0.2, -0.15) is 0 Å². The summed E-state index contributed by atoms with van der Waals surface area (Å²) in [6.07, 6.45) is 0. The van der Waals surface area contributed by atoms with Crippen LogP contribution in [0.25, 0.3) is 0 Å². The van der Waals surface area contributed by atoms with Gasteiger partial charge in [-0.1, -0.05) is 25.1 Å². The summed E-state index contributed by atoms with van der Waals surface area (Å²) in [5, 5.41) is 12.7. The molecule has 3 N–H and O–H groups in total. The minimum absolute atomic E-state index is 0.112. The maximum absolute atomic E-state index is 12.5. The van der Waals surface area contributed by atoms with Crippen molar-refractivity contribution in [3.05, 3.63) is 51.7 Å². The molecule has 0 saturated heterocycles. The van der Waals surface area contributed by atoms with E-state index in [2.05, 4.69) is 15.3 Å². The number of carbonyl (C=O) groups is 1. The monoisotopic (exact) mass is 374 g/mol. The van der Waals surface area contributed by atoms with Crippen LogP contribution in [0.3, 0.4) is 0 Å². The van der Waals surface area contributed by atoms with Gasteiger partial charge in [0.2, 0.25) is 5.75 Å². The molecule has 1 amide bonds. The molecule has 1 aromatic carbocycles. The van der Waals surface area contributed by atoms with Crippen molar-refractivity contribution in [2.45, 2.75) is 26.3 Å². The first-order valence-electron chi connectivity index (χ1n) is 8.80. The lowest BCUT2D eigenvalue weighted by molar-refractivity contribution is 0.0941. The lowest BCUT2D eigenvalue weighted by Crippen LogP contribution is -2.29. The van der Waals surface area contributed by atoms with Crippen LogP contribution >= 0.6 is 0 Å². The van der Waals surface area contributed by atoms with E-state index in [-0.39, 0.29) is 18.2 Å². The number of H-pyrrole nitrogens is 1. The molecule has 1 atom stereocenters. The average molecular weight is 374 g/mol. The molecule has 1 unspecified atom stereocenters. The molecule has 0 spiro atoms. The first kappa shape index (κ1) is 20.4. The summed E-state index contributed by atoms with van der Waals surface area (Å²) in [7, 11) is 3.80. The van der Waals surface area contributed by atoms with Crippen molar-refractivity contribution < 1.29 is 14.6 Å². The van der Waals surface area contributed by atoms with Gasteiger partial charge in [-0.25, -0.2) is 4.98 Å². The number of hydrogen-bond donors (Lipinski definition) is 3. The number of carbonyl (C=O) groups excluding carboxylic acids is 1. The zero-order chi connectivity index (χ0) is 20.0. The lowest BCUT2D eigenvalue weighted by atomic mass is 10.1. The number of aromatic amines is 1. The summed E-state index contributed by atoms with van der Waals surface area (Å²) in [5.74, 6) is -0.400. The maximum Gasteiger partial charge on any atom is 0.293 e. The van der Waals surface area contributed by atoms with Crippen molar-refractivity contribution in [3.8, 4) is 11.5 Å². The van der Waals surface area contributed by atoms with Gasteiger partial charge in [0.25, 0.3) is 11.5 Å². The van der Waals surface area contributed by atoms with Crippen LogP contribution in [0.4, 0.5) is 0 Å². The predicted octanol–water partition coefficient (Wildman–Crippen LogP) is 1.47. The SMILES string of the molecule is CCOc1ccccc1CNC(=O)c1nc(C(C)CN(C)C)[nH]c(=O)c1O. The molecule has 8 nitrogen and oxygen atoms in total. The highest BCUT2D eigenvalue weighted by Gasteiger charge is 2.20. The highest BCUT2D eigenvalue weighted by atomic mass is 16.5. The fourth-order valence-corrected chi connectivity index (χ4v) is 2.72. The summed E-state index contributed by atoms with van der Waals surface area (Å²) >= 11 is 0. The molecular formula is C19H26N4O4. The van der Waals surface area contributed by atoms with E-state index in [0.717, 1.165) is 5.56 Å². The molecule has 2 rings (SSSR count). The van der Waals surface area contributed by atoms with Crippen molar-refractivity contribution in [3.63, 3.8) is 0 Å². The fraction of sp³-hybridized carbons (Fsp3) is 0.421. The number of nitrogens with one attached hydrogen (secondary N) is 2. The molecule has 146 valence electrons. The molecule has 0 saturated carbocycles. The summed E-state index contributed by atoms with van der Waals surface area (Å²) < 4.78 is 5.53. The van der Waals surface area contributed by atoms with Crippen molar-refractivity contribution in [1.29, 1.82) is 0 Å². The number of para-hydroxylation sites is 1. The van der Waals surface area contributed by atoms with Gasteiger partial charge >= 0.3 is 0 Å². The molecule has 0 fully saturated rings. The van der Waals surface area contributed by atoms with Crippen LogP contribution in [0.2, 0.25) is 0 Å². The van der Waals surface area contributed by atoms with E-state index >= 15 is 0 Å². The summed E-state index contributed by atoms with van der Waals surface area (Å²) in [6.45, 7) is 5.09. The van der Waals surface area contributed by atoms with Gasteiger partial charge in [-0.3, -0.25) is 9.59 Å². The fourth-order valence-electron chi connectivity index (χ4n) is 2.72. The smallest absolute Gasteiger partial charge is 0.293 e. The van der Waals surface area contributed by atoms with Crippen LogP contribution in [-0.2, 0) is 6.54 Å².